The van der Waals surface area contributed by atoms with Gasteiger partial charge in [0.25, 0.3) is 0 Å². The molecule has 5 nitrogen and oxygen atoms in total. The van der Waals surface area contributed by atoms with Crippen molar-refractivity contribution in [1.82, 2.24) is 15.5 Å². The number of likely N-dealkylation sites (tertiary alicyclic amines) is 1. The molecule has 1 unspecified atom stereocenters. The van der Waals surface area contributed by atoms with Crippen LogP contribution < -0.4 is 10.6 Å². The molecule has 2 aliphatic rings. The molecule has 6 heteroatoms. The van der Waals surface area contributed by atoms with Gasteiger partial charge in [-0.05, 0) is 70.0 Å². The number of nitrogens with one attached hydrogen (secondary N) is 2. The summed E-state index contributed by atoms with van der Waals surface area (Å²) in [5, 5.41) is 18.8. The van der Waals surface area contributed by atoms with Gasteiger partial charge in [0.05, 0.1) is 18.7 Å². The van der Waals surface area contributed by atoms with Gasteiger partial charge in [0.15, 0.2) is 5.96 Å². The maximum absolute atomic E-state index is 9.69. The van der Waals surface area contributed by atoms with E-state index >= 15 is 0 Å². The molecular weight excluding hydrogens is 332 g/mol. The summed E-state index contributed by atoms with van der Waals surface area (Å²) in [5.41, 5.74) is 0. The Morgan fingerprint density at radius 1 is 1.32 bits per heavy atom. The van der Waals surface area contributed by atoms with Crippen molar-refractivity contribution in [3.05, 3.63) is 22.4 Å². The molecule has 0 bridgehead atoms. The molecule has 140 valence electrons. The van der Waals surface area contributed by atoms with E-state index in [-0.39, 0.29) is 6.10 Å². The zero-order valence-electron chi connectivity index (χ0n) is 15.3. The summed E-state index contributed by atoms with van der Waals surface area (Å²) < 4.78 is 0. The number of aliphatic imine (C=N–C) groups is 1. The van der Waals surface area contributed by atoms with Gasteiger partial charge >= 0.3 is 0 Å². The molecule has 3 N–H and O–H groups in total. The summed E-state index contributed by atoms with van der Waals surface area (Å²) in [6.07, 6.45) is 6.31. The first kappa shape index (κ1) is 18.7. The third kappa shape index (κ3) is 5.43. The molecule has 25 heavy (non-hydrogen) atoms. The van der Waals surface area contributed by atoms with E-state index < -0.39 is 0 Å². The first-order chi connectivity index (χ1) is 12.3. The summed E-state index contributed by atoms with van der Waals surface area (Å²) in [6, 6.07) is 5.20. The second-order valence-electron chi connectivity index (χ2n) is 7.14. The molecule has 1 saturated carbocycles. The van der Waals surface area contributed by atoms with E-state index in [1.54, 1.807) is 0 Å². The van der Waals surface area contributed by atoms with E-state index in [1.807, 2.05) is 11.3 Å². The summed E-state index contributed by atoms with van der Waals surface area (Å²) in [7, 11) is 0. The Kier molecular flexibility index (Phi) is 7.13. The van der Waals surface area contributed by atoms with Crippen LogP contribution in [-0.2, 0) is 0 Å². The fraction of sp³-hybridized carbons (Fsp3) is 0.737. The van der Waals surface area contributed by atoms with Gasteiger partial charge in [0, 0.05) is 17.5 Å². The van der Waals surface area contributed by atoms with Crippen molar-refractivity contribution in [2.45, 2.75) is 63.6 Å². The zero-order valence-corrected chi connectivity index (χ0v) is 16.1. The fourth-order valence-electron chi connectivity index (χ4n) is 3.83. The molecule has 1 saturated heterocycles. The van der Waals surface area contributed by atoms with Gasteiger partial charge < -0.3 is 15.7 Å². The van der Waals surface area contributed by atoms with Crippen LogP contribution in [0.3, 0.4) is 0 Å². The standard InChI is InChI=1S/C19H32N4OS/c1-2-20-19(22-15-7-9-16(24)10-8-15)21-14-17(18-6-5-13-25-18)23-11-3-4-12-23/h5-6,13,15-17,24H,2-4,7-12,14H2,1H3,(H2,20,21,22). The van der Waals surface area contributed by atoms with Crippen molar-refractivity contribution in [1.29, 1.82) is 0 Å². The zero-order chi connectivity index (χ0) is 17.5. The first-order valence-electron chi connectivity index (χ1n) is 9.76. The van der Waals surface area contributed by atoms with E-state index in [1.165, 1.54) is 30.8 Å². The van der Waals surface area contributed by atoms with E-state index in [0.29, 0.717) is 12.1 Å². The van der Waals surface area contributed by atoms with Crippen LogP contribution in [0.4, 0.5) is 0 Å². The Hall–Kier alpha value is -1.11. The SMILES string of the molecule is CCNC(=NCC(c1cccs1)N1CCCC1)NC1CCC(O)CC1. The van der Waals surface area contributed by atoms with Gasteiger partial charge in [-0.25, -0.2) is 0 Å². The Bertz CT molecular complexity index is 520. The molecule has 1 atom stereocenters. The number of aliphatic hydroxyl groups is 1. The highest BCUT2D eigenvalue weighted by molar-refractivity contribution is 7.10. The topological polar surface area (TPSA) is 59.9 Å². The number of hydrogen-bond donors (Lipinski definition) is 3. The van der Waals surface area contributed by atoms with Gasteiger partial charge in [0.2, 0.25) is 0 Å². The highest BCUT2D eigenvalue weighted by Gasteiger charge is 2.25. The van der Waals surface area contributed by atoms with Crippen LogP contribution in [0.25, 0.3) is 0 Å². The normalized spacial score (nSPS) is 26.6. The Balaban J connectivity index is 1.63. The lowest BCUT2D eigenvalue weighted by atomic mass is 9.93. The van der Waals surface area contributed by atoms with Crippen LogP contribution in [0.15, 0.2) is 22.5 Å². The van der Waals surface area contributed by atoms with Crippen LogP contribution in [-0.4, -0.2) is 54.3 Å². The van der Waals surface area contributed by atoms with Crippen LogP contribution in [0.2, 0.25) is 0 Å². The second-order valence-corrected chi connectivity index (χ2v) is 8.12. The third-order valence-corrected chi connectivity index (χ3v) is 6.23. The van der Waals surface area contributed by atoms with Crippen LogP contribution >= 0.6 is 11.3 Å². The number of thiophene rings is 1. The number of hydrogen-bond acceptors (Lipinski definition) is 4. The lowest BCUT2D eigenvalue weighted by Crippen LogP contribution is -2.45. The van der Waals surface area contributed by atoms with Crippen molar-refractivity contribution >= 4 is 17.3 Å². The summed E-state index contributed by atoms with van der Waals surface area (Å²) >= 11 is 1.84. The first-order valence-corrected chi connectivity index (χ1v) is 10.6. The highest BCUT2D eigenvalue weighted by atomic mass is 32.1. The molecule has 2 fully saturated rings. The molecule has 0 spiro atoms. The molecule has 1 aromatic rings. The quantitative estimate of drug-likeness (QED) is 0.537. The average Bonchev–Trinajstić information content (AvgIpc) is 3.31. The third-order valence-electron chi connectivity index (χ3n) is 5.26. The second kappa shape index (κ2) is 9.55. The molecule has 0 amide bonds. The van der Waals surface area contributed by atoms with Gasteiger partial charge in [-0.2, -0.15) is 0 Å². The summed E-state index contributed by atoms with van der Waals surface area (Å²) in [4.78, 5) is 8.92. The van der Waals surface area contributed by atoms with Crippen molar-refractivity contribution in [2.75, 3.05) is 26.2 Å². The van der Waals surface area contributed by atoms with Crippen LogP contribution in [0.1, 0.15) is 56.4 Å². The Morgan fingerprint density at radius 3 is 2.72 bits per heavy atom. The minimum atomic E-state index is -0.115. The van der Waals surface area contributed by atoms with Crippen molar-refractivity contribution < 1.29 is 5.11 Å². The molecule has 2 heterocycles. The van der Waals surface area contributed by atoms with Gasteiger partial charge in [0.1, 0.15) is 0 Å². The molecular formula is C19H32N4OS. The lowest BCUT2D eigenvalue weighted by Gasteiger charge is -2.29. The van der Waals surface area contributed by atoms with E-state index in [0.717, 1.165) is 44.7 Å². The van der Waals surface area contributed by atoms with E-state index in [2.05, 4.69) is 40.0 Å². The minimum absolute atomic E-state index is 0.115. The monoisotopic (exact) mass is 364 g/mol. The van der Waals surface area contributed by atoms with E-state index in [9.17, 15) is 5.11 Å². The molecule has 1 aliphatic heterocycles. The summed E-state index contributed by atoms with van der Waals surface area (Å²) in [5.74, 6) is 0.921. The molecule has 1 aromatic heterocycles. The van der Waals surface area contributed by atoms with Gasteiger partial charge in [-0.3, -0.25) is 9.89 Å². The largest absolute Gasteiger partial charge is 0.393 e. The van der Waals surface area contributed by atoms with Gasteiger partial charge in [-0.1, -0.05) is 6.07 Å². The van der Waals surface area contributed by atoms with Crippen molar-refractivity contribution in [3.8, 4) is 0 Å². The molecule has 3 rings (SSSR count). The van der Waals surface area contributed by atoms with Gasteiger partial charge in [-0.15, -0.1) is 11.3 Å². The molecule has 0 radical (unpaired) electrons. The smallest absolute Gasteiger partial charge is 0.191 e. The number of rotatable bonds is 6. The minimum Gasteiger partial charge on any atom is -0.393 e. The molecule has 0 aromatic carbocycles. The molecule has 1 aliphatic carbocycles. The maximum atomic E-state index is 9.69. The van der Waals surface area contributed by atoms with E-state index in [4.69, 9.17) is 4.99 Å². The maximum Gasteiger partial charge on any atom is 0.191 e. The number of aliphatic hydroxyl groups excluding tert-OH is 1. The van der Waals surface area contributed by atoms with Crippen molar-refractivity contribution in [3.63, 3.8) is 0 Å². The number of nitrogens with zero attached hydrogens (tertiary/aromatic N) is 2. The Morgan fingerprint density at radius 2 is 2.08 bits per heavy atom. The predicted molar refractivity (Wildman–Crippen MR) is 105 cm³/mol. The van der Waals surface area contributed by atoms with Crippen molar-refractivity contribution in [2.24, 2.45) is 4.99 Å². The average molecular weight is 365 g/mol. The predicted octanol–water partition coefficient (Wildman–Crippen LogP) is 2.74. The lowest BCUT2D eigenvalue weighted by molar-refractivity contribution is 0.120. The van der Waals surface area contributed by atoms with Crippen LogP contribution in [0.5, 0.6) is 0 Å². The Labute approximate surface area is 155 Å². The fourth-order valence-corrected chi connectivity index (χ4v) is 4.68. The number of guanidine groups is 1. The highest BCUT2D eigenvalue weighted by Crippen LogP contribution is 2.28. The summed E-state index contributed by atoms with van der Waals surface area (Å²) in [6.45, 7) is 6.14. The van der Waals surface area contributed by atoms with Crippen LogP contribution in [0, 0.1) is 0 Å².